The Bertz CT molecular complexity index is 1110. The first kappa shape index (κ1) is 24.3. The zero-order valence-corrected chi connectivity index (χ0v) is 17.6. The number of benzene rings is 3. The minimum Gasteiger partial charge on any atom is -0.470 e. The van der Waals surface area contributed by atoms with Crippen molar-refractivity contribution in [3.05, 3.63) is 93.8 Å². The van der Waals surface area contributed by atoms with Crippen LogP contribution in [0, 0.1) is 15.9 Å². The van der Waals surface area contributed by atoms with Gasteiger partial charge in [-0.25, -0.2) is 4.39 Å². The molecule has 6 nitrogen and oxygen atoms in total. The normalized spacial score (nSPS) is 12.3. The van der Waals surface area contributed by atoms with Gasteiger partial charge in [0.15, 0.2) is 17.0 Å². The Morgan fingerprint density at radius 3 is 2.36 bits per heavy atom. The Kier molecular flexibility index (Phi) is 7.77. The van der Waals surface area contributed by atoms with E-state index in [0.717, 1.165) is 29.8 Å². The fraction of sp³-hybridized carbons (Fsp3) is 0.182. The summed E-state index contributed by atoms with van der Waals surface area (Å²) in [4.78, 5) is 10.7. The van der Waals surface area contributed by atoms with Crippen LogP contribution >= 0.6 is 11.8 Å². The number of nitro groups is 1. The average molecular weight is 483 g/mol. The largest absolute Gasteiger partial charge is 0.470 e. The molecule has 174 valence electrons. The number of hydrogen-bond acceptors (Lipinski definition) is 6. The second-order valence-electron chi connectivity index (χ2n) is 6.66. The molecular formula is C22H17F4NO5S. The van der Waals surface area contributed by atoms with E-state index in [2.05, 4.69) is 0 Å². The summed E-state index contributed by atoms with van der Waals surface area (Å²) in [7, 11) is 0. The zero-order chi connectivity index (χ0) is 24.0. The highest BCUT2D eigenvalue weighted by Gasteiger charge is 2.31. The number of rotatable bonds is 9. The lowest BCUT2D eigenvalue weighted by molar-refractivity contribution is -0.386. The third-order valence-corrected chi connectivity index (χ3v) is 5.42. The van der Waals surface area contributed by atoms with Crippen LogP contribution in [-0.2, 0) is 11.9 Å². The average Bonchev–Trinajstić information content (AvgIpc) is 2.78. The summed E-state index contributed by atoms with van der Waals surface area (Å²) < 4.78 is 63.1. The summed E-state index contributed by atoms with van der Waals surface area (Å²) in [5.74, 6) is -1.63. The number of aliphatic hydroxyl groups excluding tert-OH is 1. The lowest BCUT2D eigenvalue weighted by atomic mass is 10.2. The van der Waals surface area contributed by atoms with E-state index in [1.807, 2.05) is 30.3 Å². The Balaban J connectivity index is 1.79. The van der Waals surface area contributed by atoms with Gasteiger partial charge >= 0.3 is 11.9 Å². The third kappa shape index (κ3) is 6.59. The van der Waals surface area contributed by atoms with E-state index in [1.54, 1.807) is 0 Å². The van der Waals surface area contributed by atoms with Gasteiger partial charge in [-0.05, 0) is 29.8 Å². The number of ether oxygens (including phenoxy) is 2. The maximum Gasteiger partial charge on any atom is 0.416 e. The zero-order valence-electron chi connectivity index (χ0n) is 16.8. The molecule has 3 rings (SSSR count). The SMILES string of the molecule is O=[N+]([O-])c1ccc(Oc2ccc(C(F)(F)F)cc2F)cc1OC(CO)SCc1ccccc1. The first-order valence-corrected chi connectivity index (χ1v) is 10.5. The minimum absolute atomic E-state index is 0.0981. The summed E-state index contributed by atoms with van der Waals surface area (Å²) in [6.45, 7) is -0.451. The molecule has 0 aliphatic carbocycles. The molecule has 3 aromatic rings. The van der Waals surface area contributed by atoms with E-state index in [0.29, 0.717) is 17.9 Å². The van der Waals surface area contributed by atoms with Crippen molar-refractivity contribution < 1.29 is 37.1 Å². The maximum atomic E-state index is 14.1. The number of halogens is 4. The molecule has 0 spiro atoms. The van der Waals surface area contributed by atoms with Crippen LogP contribution in [0.2, 0.25) is 0 Å². The van der Waals surface area contributed by atoms with Crippen molar-refractivity contribution in [1.29, 1.82) is 0 Å². The standard InChI is InChI=1S/C22H17F4NO5S/c23-17-10-15(22(24,25)26)6-9-19(17)31-16-7-8-18(27(29)30)20(11-16)32-21(12-28)33-13-14-4-2-1-3-5-14/h1-11,21,28H,12-13H2. The van der Waals surface area contributed by atoms with Gasteiger partial charge in [-0.2, -0.15) is 13.2 Å². The van der Waals surface area contributed by atoms with Gasteiger partial charge in [0.25, 0.3) is 0 Å². The number of thioether (sulfide) groups is 1. The molecule has 0 amide bonds. The second-order valence-corrected chi connectivity index (χ2v) is 7.81. The molecule has 0 aliphatic rings. The van der Waals surface area contributed by atoms with Gasteiger partial charge in [0.2, 0.25) is 5.75 Å². The quantitative estimate of drug-likeness (QED) is 0.170. The van der Waals surface area contributed by atoms with Gasteiger partial charge in [0.05, 0.1) is 17.1 Å². The molecule has 33 heavy (non-hydrogen) atoms. The van der Waals surface area contributed by atoms with E-state index in [-0.39, 0.29) is 11.5 Å². The molecule has 0 fully saturated rings. The monoisotopic (exact) mass is 483 g/mol. The smallest absolute Gasteiger partial charge is 0.416 e. The van der Waals surface area contributed by atoms with Crippen molar-refractivity contribution in [3.8, 4) is 17.2 Å². The number of alkyl halides is 3. The van der Waals surface area contributed by atoms with Gasteiger partial charge in [-0.3, -0.25) is 10.1 Å². The number of nitrogens with zero attached hydrogens (tertiary/aromatic N) is 1. The Labute approximate surface area is 189 Å². The topological polar surface area (TPSA) is 81.8 Å². The summed E-state index contributed by atoms with van der Waals surface area (Å²) in [5, 5.41) is 21.0. The molecule has 0 bridgehead atoms. The van der Waals surface area contributed by atoms with Gasteiger partial charge in [0, 0.05) is 17.9 Å². The number of aliphatic hydroxyl groups is 1. The Hall–Kier alpha value is -3.31. The molecule has 11 heteroatoms. The van der Waals surface area contributed by atoms with E-state index in [4.69, 9.17) is 9.47 Å². The van der Waals surface area contributed by atoms with Gasteiger partial charge < -0.3 is 14.6 Å². The Morgan fingerprint density at radius 1 is 1.03 bits per heavy atom. The van der Waals surface area contributed by atoms with Crippen LogP contribution in [-0.4, -0.2) is 22.1 Å². The predicted molar refractivity (Wildman–Crippen MR) is 114 cm³/mol. The minimum atomic E-state index is -4.72. The molecule has 1 atom stereocenters. The summed E-state index contributed by atoms with van der Waals surface area (Å²) >= 11 is 1.20. The first-order valence-electron chi connectivity index (χ1n) is 9.43. The van der Waals surface area contributed by atoms with Crippen LogP contribution in [0.5, 0.6) is 17.2 Å². The fourth-order valence-electron chi connectivity index (χ4n) is 2.72. The van der Waals surface area contributed by atoms with Crippen LogP contribution in [0.4, 0.5) is 23.2 Å². The molecule has 0 aromatic heterocycles. The number of hydrogen-bond donors (Lipinski definition) is 1. The summed E-state index contributed by atoms with van der Waals surface area (Å²) in [6.07, 6.45) is -4.72. The van der Waals surface area contributed by atoms with Crippen LogP contribution in [0.3, 0.4) is 0 Å². The molecule has 0 heterocycles. The van der Waals surface area contributed by atoms with Crippen molar-refractivity contribution in [1.82, 2.24) is 0 Å². The van der Waals surface area contributed by atoms with Crippen LogP contribution in [0.1, 0.15) is 11.1 Å². The molecule has 1 N–H and O–H groups in total. The van der Waals surface area contributed by atoms with Gasteiger partial charge in [0.1, 0.15) is 5.75 Å². The summed E-state index contributed by atoms with van der Waals surface area (Å²) in [6, 6.07) is 14.4. The van der Waals surface area contributed by atoms with Crippen molar-refractivity contribution >= 4 is 17.4 Å². The van der Waals surface area contributed by atoms with Gasteiger partial charge in [-0.15, -0.1) is 11.8 Å². The molecule has 3 aromatic carbocycles. The van der Waals surface area contributed by atoms with Crippen LogP contribution in [0.15, 0.2) is 66.7 Å². The van der Waals surface area contributed by atoms with E-state index in [1.165, 1.54) is 11.8 Å². The maximum absolute atomic E-state index is 14.1. The lowest BCUT2D eigenvalue weighted by Gasteiger charge is -2.17. The van der Waals surface area contributed by atoms with Crippen LogP contribution in [0.25, 0.3) is 0 Å². The highest BCUT2D eigenvalue weighted by molar-refractivity contribution is 7.99. The molecule has 0 aliphatic heterocycles. The Morgan fingerprint density at radius 2 is 1.76 bits per heavy atom. The lowest BCUT2D eigenvalue weighted by Crippen LogP contribution is -2.18. The predicted octanol–water partition coefficient (Wildman–Crippen LogP) is 6.18. The first-order chi connectivity index (χ1) is 15.7. The number of nitro benzene ring substituents is 1. The van der Waals surface area contributed by atoms with Gasteiger partial charge in [-0.1, -0.05) is 30.3 Å². The van der Waals surface area contributed by atoms with E-state index in [9.17, 15) is 32.8 Å². The third-order valence-electron chi connectivity index (χ3n) is 4.30. The molecule has 0 radical (unpaired) electrons. The molecule has 1 unspecified atom stereocenters. The highest BCUT2D eigenvalue weighted by atomic mass is 32.2. The van der Waals surface area contributed by atoms with Crippen molar-refractivity contribution in [2.75, 3.05) is 6.61 Å². The summed E-state index contributed by atoms with van der Waals surface area (Å²) in [5.41, 5.74) is -1.51. The molecule has 0 saturated heterocycles. The van der Waals surface area contributed by atoms with E-state index < -0.39 is 46.0 Å². The second kappa shape index (κ2) is 10.5. The van der Waals surface area contributed by atoms with E-state index >= 15 is 0 Å². The van der Waals surface area contributed by atoms with Crippen LogP contribution < -0.4 is 9.47 Å². The van der Waals surface area contributed by atoms with Crippen molar-refractivity contribution in [2.24, 2.45) is 0 Å². The fourth-order valence-corrected chi connectivity index (χ4v) is 3.57. The highest BCUT2D eigenvalue weighted by Crippen LogP contribution is 2.37. The van der Waals surface area contributed by atoms with Crippen molar-refractivity contribution in [2.45, 2.75) is 17.4 Å². The van der Waals surface area contributed by atoms with Crippen molar-refractivity contribution in [3.63, 3.8) is 0 Å². The molecular weight excluding hydrogens is 466 g/mol. The molecule has 0 saturated carbocycles.